The first-order chi connectivity index (χ1) is 10.7. The quantitative estimate of drug-likeness (QED) is 0.696. The first kappa shape index (κ1) is 17.6. The summed E-state index contributed by atoms with van der Waals surface area (Å²) in [5, 5.41) is 4.55. The fraction of sp³-hybridized carbons (Fsp3) is 0.500. The van der Waals surface area contributed by atoms with Crippen LogP contribution in [0.15, 0.2) is 17.7 Å². The van der Waals surface area contributed by atoms with E-state index in [1.165, 1.54) is 5.57 Å². The zero-order valence-corrected chi connectivity index (χ0v) is 14.2. The molecule has 1 aliphatic rings. The first-order valence-electron chi connectivity index (χ1n) is 7.29. The molecule has 0 unspecified atom stereocenters. The van der Waals surface area contributed by atoms with E-state index in [2.05, 4.69) is 11.4 Å². The number of fused-ring (bicyclic) bond motifs is 1. The predicted molar refractivity (Wildman–Crippen MR) is 90.1 cm³/mol. The molecule has 4 nitrogen and oxygen atoms in total. The van der Waals surface area contributed by atoms with Crippen molar-refractivity contribution < 1.29 is 14.2 Å². The van der Waals surface area contributed by atoms with E-state index in [1.54, 1.807) is 13.2 Å². The maximum atomic E-state index is 6.12. The summed E-state index contributed by atoms with van der Waals surface area (Å²) >= 11 is 12.1. The van der Waals surface area contributed by atoms with Crippen LogP contribution in [0, 0.1) is 0 Å². The van der Waals surface area contributed by atoms with Crippen molar-refractivity contribution in [3.63, 3.8) is 0 Å². The van der Waals surface area contributed by atoms with Gasteiger partial charge in [-0.05, 0) is 36.7 Å². The van der Waals surface area contributed by atoms with Crippen molar-refractivity contribution in [2.24, 2.45) is 0 Å². The Morgan fingerprint density at radius 2 is 2.09 bits per heavy atom. The number of halogens is 2. The first-order valence-corrected chi connectivity index (χ1v) is 8.05. The second-order valence-corrected chi connectivity index (χ2v) is 5.88. The van der Waals surface area contributed by atoms with Gasteiger partial charge in [-0.2, -0.15) is 0 Å². The van der Waals surface area contributed by atoms with Gasteiger partial charge in [0.25, 0.3) is 0 Å². The van der Waals surface area contributed by atoms with Crippen LogP contribution in [0.4, 0.5) is 0 Å². The lowest BCUT2D eigenvalue weighted by atomic mass is 10.1. The Morgan fingerprint density at radius 1 is 1.23 bits per heavy atom. The fourth-order valence-electron chi connectivity index (χ4n) is 2.16. The third kappa shape index (κ3) is 5.45. The number of hydrogen-bond donors (Lipinski definition) is 1. The van der Waals surface area contributed by atoms with Gasteiger partial charge in [0.1, 0.15) is 12.4 Å². The molecule has 122 valence electrons. The second-order valence-electron chi connectivity index (χ2n) is 5.03. The van der Waals surface area contributed by atoms with Gasteiger partial charge in [-0.1, -0.05) is 23.2 Å². The molecule has 0 bridgehead atoms. The molecule has 2 rings (SSSR count). The second kappa shape index (κ2) is 9.38. The van der Waals surface area contributed by atoms with E-state index in [0.717, 1.165) is 31.7 Å². The Morgan fingerprint density at radius 3 is 2.91 bits per heavy atom. The van der Waals surface area contributed by atoms with Crippen LogP contribution >= 0.6 is 23.2 Å². The Balaban J connectivity index is 1.72. The van der Waals surface area contributed by atoms with Crippen LogP contribution in [0.25, 0.3) is 6.08 Å². The van der Waals surface area contributed by atoms with Crippen molar-refractivity contribution in [1.82, 2.24) is 5.32 Å². The molecular formula is C16H21Cl2NO3. The minimum absolute atomic E-state index is 0.547. The smallest absolute Gasteiger partial charge is 0.145 e. The summed E-state index contributed by atoms with van der Waals surface area (Å²) in [7, 11) is 1.67. The zero-order valence-electron chi connectivity index (χ0n) is 12.7. The van der Waals surface area contributed by atoms with Crippen molar-refractivity contribution >= 4 is 29.3 Å². The third-order valence-electron chi connectivity index (χ3n) is 3.22. The Labute approximate surface area is 141 Å². The number of hydrogen-bond acceptors (Lipinski definition) is 4. The largest absolute Gasteiger partial charge is 0.487 e. The highest BCUT2D eigenvalue weighted by Crippen LogP contribution is 2.36. The molecule has 1 N–H and O–H groups in total. The van der Waals surface area contributed by atoms with Crippen molar-refractivity contribution in [1.29, 1.82) is 0 Å². The van der Waals surface area contributed by atoms with E-state index in [-0.39, 0.29) is 0 Å². The van der Waals surface area contributed by atoms with Crippen LogP contribution in [-0.2, 0) is 9.47 Å². The number of ether oxygens (including phenoxy) is 3. The molecule has 0 atom stereocenters. The van der Waals surface area contributed by atoms with E-state index in [4.69, 9.17) is 37.4 Å². The van der Waals surface area contributed by atoms with Gasteiger partial charge in [0, 0.05) is 30.8 Å². The van der Waals surface area contributed by atoms with Gasteiger partial charge < -0.3 is 19.5 Å². The lowest BCUT2D eigenvalue weighted by molar-refractivity contribution is 0.0695. The highest BCUT2D eigenvalue weighted by atomic mass is 35.5. The third-order valence-corrected chi connectivity index (χ3v) is 3.72. The Bertz CT molecular complexity index is 520. The molecule has 0 spiro atoms. The summed E-state index contributed by atoms with van der Waals surface area (Å²) in [4.78, 5) is 0. The van der Waals surface area contributed by atoms with Crippen LogP contribution in [-0.4, -0.2) is 46.6 Å². The van der Waals surface area contributed by atoms with Crippen molar-refractivity contribution in [2.75, 3.05) is 46.6 Å². The lowest BCUT2D eigenvalue weighted by Crippen LogP contribution is -2.23. The molecule has 0 aliphatic carbocycles. The molecule has 0 fully saturated rings. The molecule has 0 aromatic heterocycles. The number of benzene rings is 1. The van der Waals surface area contributed by atoms with Gasteiger partial charge in [-0.3, -0.25) is 0 Å². The maximum Gasteiger partial charge on any atom is 0.145 e. The standard InChI is InChI=1S/C16H21Cl2NO3/c1-20-5-6-21-4-2-3-19-10-12-7-13-8-14(17)9-15(18)16(13)22-11-12/h7-9,19H,2-6,10-11H2,1H3. The van der Waals surface area contributed by atoms with Crippen LogP contribution in [0.1, 0.15) is 12.0 Å². The fourth-order valence-corrected chi connectivity index (χ4v) is 2.72. The van der Waals surface area contributed by atoms with Crippen molar-refractivity contribution in [3.05, 3.63) is 33.3 Å². The summed E-state index contributed by atoms with van der Waals surface area (Å²) in [5.74, 6) is 0.710. The number of nitrogens with one attached hydrogen (secondary N) is 1. The van der Waals surface area contributed by atoms with Crippen LogP contribution < -0.4 is 10.1 Å². The molecule has 1 aromatic rings. The number of rotatable bonds is 9. The molecule has 0 saturated carbocycles. The minimum Gasteiger partial charge on any atom is -0.487 e. The van der Waals surface area contributed by atoms with Crippen LogP contribution in [0.5, 0.6) is 5.75 Å². The minimum atomic E-state index is 0.547. The highest BCUT2D eigenvalue weighted by Gasteiger charge is 2.15. The lowest BCUT2D eigenvalue weighted by Gasteiger charge is -2.19. The summed E-state index contributed by atoms with van der Waals surface area (Å²) in [6.45, 7) is 4.25. The molecule has 22 heavy (non-hydrogen) atoms. The highest BCUT2D eigenvalue weighted by molar-refractivity contribution is 6.36. The molecule has 0 radical (unpaired) electrons. The molecule has 6 heteroatoms. The predicted octanol–water partition coefficient (Wildman–Crippen LogP) is 3.41. The van der Waals surface area contributed by atoms with Gasteiger partial charge in [0.15, 0.2) is 0 Å². The zero-order chi connectivity index (χ0) is 15.8. The number of methoxy groups -OCH3 is 1. The average Bonchev–Trinajstić information content (AvgIpc) is 2.49. The molecule has 1 aromatic carbocycles. The van der Waals surface area contributed by atoms with Gasteiger partial charge in [-0.25, -0.2) is 0 Å². The normalized spacial score (nSPS) is 13.5. The van der Waals surface area contributed by atoms with Crippen molar-refractivity contribution in [3.8, 4) is 5.75 Å². The van der Waals surface area contributed by atoms with Gasteiger partial charge in [-0.15, -0.1) is 0 Å². The van der Waals surface area contributed by atoms with Crippen LogP contribution in [0.2, 0.25) is 10.0 Å². The van der Waals surface area contributed by atoms with Gasteiger partial charge in [0.2, 0.25) is 0 Å². The summed E-state index contributed by atoms with van der Waals surface area (Å²) < 4.78 is 16.0. The van der Waals surface area contributed by atoms with E-state index >= 15 is 0 Å². The topological polar surface area (TPSA) is 39.7 Å². The summed E-state index contributed by atoms with van der Waals surface area (Å²) in [6, 6.07) is 3.56. The maximum absolute atomic E-state index is 6.12. The van der Waals surface area contributed by atoms with Gasteiger partial charge >= 0.3 is 0 Å². The van der Waals surface area contributed by atoms with Crippen molar-refractivity contribution in [2.45, 2.75) is 6.42 Å². The van der Waals surface area contributed by atoms with E-state index < -0.39 is 0 Å². The van der Waals surface area contributed by atoms with Crippen LogP contribution in [0.3, 0.4) is 0 Å². The van der Waals surface area contributed by atoms with Gasteiger partial charge in [0.05, 0.1) is 18.2 Å². The Kier molecular flexibility index (Phi) is 7.49. The molecule has 0 amide bonds. The Hall–Kier alpha value is -0.780. The average molecular weight is 346 g/mol. The monoisotopic (exact) mass is 345 g/mol. The summed E-state index contributed by atoms with van der Waals surface area (Å²) in [5.41, 5.74) is 2.11. The molecule has 0 saturated heterocycles. The van der Waals surface area contributed by atoms with E-state index in [9.17, 15) is 0 Å². The summed E-state index contributed by atoms with van der Waals surface area (Å²) in [6.07, 6.45) is 3.05. The molecule has 1 aliphatic heterocycles. The van der Waals surface area contributed by atoms with E-state index in [1.807, 2.05) is 6.07 Å². The van der Waals surface area contributed by atoms with E-state index in [0.29, 0.717) is 35.6 Å². The molecular weight excluding hydrogens is 325 g/mol. The SMILES string of the molecule is COCCOCCCNCC1=Cc2cc(Cl)cc(Cl)c2OC1. The molecule has 1 heterocycles.